The van der Waals surface area contributed by atoms with E-state index in [1.165, 1.54) is 0 Å². The third kappa shape index (κ3) is 6.57. The van der Waals surface area contributed by atoms with Gasteiger partial charge in [-0.25, -0.2) is 18.0 Å². The minimum atomic E-state index is -3.37. The summed E-state index contributed by atoms with van der Waals surface area (Å²) in [5.74, 6) is -2.40. The van der Waals surface area contributed by atoms with E-state index in [1.807, 2.05) is 48.5 Å². The molecule has 0 spiro atoms. The minimum absolute atomic E-state index is 0.0945. The number of amides is 2. The van der Waals surface area contributed by atoms with Gasteiger partial charge in [-0.1, -0.05) is 48.5 Å². The molecule has 2 atom stereocenters. The standard InChI is InChI=1S/C24H28N2O7S/c1-15(13-22(27)26-21(23(28)29)11-12-34(2,31)32)25-24(30)33-14-20-18-9-5-3-7-16(18)17-8-4-6-10-19(17)20/h3-10,15,20-21H,11-14H2,1-2H3,(H,25,30)(H,26,27)(H,28,29)/t15-,21?/m0/s1. The van der Waals surface area contributed by atoms with E-state index in [4.69, 9.17) is 4.74 Å². The van der Waals surface area contributed by atoms with Gasteiger partial charge < -0.3 is 20.5 Å². The maximum Gasteiger partial charge on any atom is 0.407 e. The number of carbonyl (C=O) groups is 3. The monoisotopic (exact) mass is 488 g/mol. The second kappa shape index (κ2) is 10.7. The molecule has 182 valence electrons. The van der Waals surface area contributed by atoms with Crippen molar-refractivity contribution in [2.45, 2.75) is 37.8 Å². The van der Waals surface area contributed by atoms with Gasteiger partial charge in [-0.05, 0) is 35.6 Å². The zero-order valence-corrected chi connectivity index (χ0v) is 19.8. The fraction of sp³-hybridized carbons (Fsp3) is 0.375. The first kappa shape index (κ1) is 25.2. The molecule has 0 saturated carbocycles. The molecule has 1 aliphatic carbocycles. The average Bonchev–Trinajstić information content (AvgIpc) is 3.08. The first-order valence-electron chi connectivity index (χ1n) is 10.9. The number of alkyl carbamates (subject to hydrolysis) is 1. The van der Waals surface area contributed by atoms with Crippen LogP contribution in [0.15, 0.2) is 48.5 Å². The van der Waals surface area contributed by atoms with Gasteiger partial charge in [0.05, 0.1) is 5.75 Å². The zero-order chi connectivity index (χ0) is 24.9. The van der Waals surface area contributed by atoms with Crippen LogP contribution in [0.5, 0.6) is 0 Å². The molecule has 34 heavy (non-hydrogen) atoms. The van der Waals surface area contributed by atoms with E-state index >= 15 is 0 Å². The number of hydrogen-bond acceptors (Lipinski definition) is 6. The largest absolute Gasteiger partial charge is 0.480 e. The first-order valence-corrected chi connectivity index (χ1v) is 12.9. The smallest absolute Gasteiger partial charge is 0.407 e. The van der Waals surface area contributed by atoms with Crippen LogP contribution in [-0.2, 0) is 24.2 Å². The summed E-state index contributed by atoms with van der Waals surface area (Å²) in [6.45, 7) is 1.72. The van der Waals surface area contributed by atoms with Crippen LogP contribution in [-0.4, -0.2) is 62.2 Å². The Morgan fingerprint density at radius 2 is 1.56 bits per heavy atom. The minimum Gasteiger partial charge on any atom is -0.480 e. The van der Waals surface area contributed by atoms with Crippen LogP contribution in [0.2, 0.25) is 0 Å². The first-order chi connectivity index (χ1) is 16.0. The third-order valence-corrected chi connectivity index (χ3v) is 6.59. The maximum absolute atomic E-state index is 12.3. The van der Waals surface area contributed by atoms with E-state index in [1.54, 1.807) is 6.92 Å². The van der Waals surface area contributed by atoms with Crippen molar-refractivity contribution < 1.29 is 32.6 Å². The van der Waals surface area contributed by atoms with Crippen LogP contribution >= 0.6 is 0 Å². The van der Waals surface area contributed by atoms with Crippen LogP contribution in [0.3, 0.4) is 0 Å². The molecule has 0 saturated heterocycles. The highest BCUT2D eigenvalue weighted by Crippen LogP contribution is 2.44. The molecule has 0 radical (unpaired) electrons. The lowest BCUT2D eigenvalue weighted by atomic mass is 9.98. The summed E-state index contributed by atoms with van der Waals surface area (Å²) >= 11 is 0. The number of fused-ring (bicyclic) bond motifs is 3. The number of aliphatic carboxylic acids is 1. The molecular weight excluding hydrogens is 460 g/mol. The van der Waals surface area contributed by atoms with E-state index in [0.717, 1.165) is 28.5 Å². The molecular formula is C24H28N2O7S. The molecule has 9 nitrogen and oxygen atoms in total. The molecule has 0 heterocycles. The molecule has 0 fully saturated rings. The zero-order valence-electron chi connectivity index (χ0n) is 19.0. The number of hydrogen-bond donors (Lipinski definition) is 3. The number of nitrogens with one attached hydrogen (secondary N) is 2. The van der Waals surface area contributed by atoms with Gasteiger partial charge in [0.25, 0.3) is 0 Å². The summed E-state index contributed by atoms with van der Waals surface area (Å²) in [6, 6.07) is 14.0. The summed E-state index contributed by atoms with van der Waals surface area (Å²) in [4.78, 5) is 35.8. The molecule has 0 aliphatic heterocycles. The van der Waals surface area contributed by atoms with Crippen molar-refractivity contribution in [1.82, 2.24) is 10.6 Å². The molecule has 2 aromatic carbocycles. The Kier molecular flexibility index (Phi) is 7.93. The molecule has 0 aromatic heterocycles. The Morgan fingerprint density at radius 3 is 2.09 bits per heavy atom. The van der Waals surface area contributed by atoms with Crippen molar-refractivity contribution in [3.05, 3.63) is 59.7 Å². The normalized spacial score (nSPS) is 14.4. The fourth-order valence-electron chi connectivity index (χ4n) is 4.01. The van der Waals surface area contributed by atoms with Crippen LogP contribution in [0.25, 0.3) is 11.1 Å². The predicted octanol–water partition coefficient (Wildman–Crippen LogP) is 2.31. The summed E-state index contributed by atoms with van der Waals surface area (Å²) in [6.07, 6.45) is -0.122. The van der Waals surface area contributed by atoms with E-state index < -0.39 is 39.9 Å². The fourth-order valence-corrected chi connectivity index (χ4v) is 4.68. The van der Waals surface area contributed by atoms with E-state index in [-0.39, 0.29) is 31.1 Å². The van der Waals surface area contributed by atoms with Crippen molar-refractivity contribution in [3.63, 3.8) is 0 Å². The van der Waals surface area contributed by atoms with Gasteiger partial charge in [0.2, 0.25) is 5.91 Å². The Morgan fingerprint density at radius 1 is 1.00 bits per heavy atom. The number of rotatable bonds is 10. The Hall–Kier alpha value is -3.40. The van der Waals surface area contributed by atoms with Gasteiger partial charge >= 0.3 is 12.1 Å². The Balaban J connectivity index is 1.51. The van der Waals surface area contributed by atoms with Gasteiger partial charge in [-0.3, -0.25) is 4.79 Å². The Bertz CT molecular complexity index is 1130. The number of ether oxygens (including phenoxy) is 1. The maximum atomic E-state index is 12.3. The van der Waals surface area contributed by atoms with E-state index in [0.29, 0.717) is 0 Å². The molecule has 3 rings (SSSR count). The van der Waals surface area contributed by atoms with Gasteiger partial charge in [-0.15, -0.1) is 0 Å². The lowest BCUT2D eigenvalue weighted by Gasteiger charge is -2.18. The van der Waals surface area contributed by atoms with Crippen molar-refractivity contribution in [2.75, 3.05) is 18.6 Å². The van der Waals surface area contributed by atoms with Crippen LogP contribution in [0, 0.1) is 0 Å². The molecule has 1 aliphatic rings. The summed E-state index contributed by atoms with van der Waals surface area (Å²) in [5.41, 5.74) is 4.39. The number of sulfone groups is 1. The van der Waals surface area contributed by atoms with Crippen molar-refractivity contribution in [2.24, 2.45) is 0 Å². The SMILES string of the molecule is C[C@@H](CC(=O)NC(CCS(C)(=O)=O)C(=O)O)NC(=O)OCC1c2ccccc2-c2ccccc21. The third-order valence-electron chi connectivity index (χ3n) is 5.61. The highest BCUT2D eigenvalue weighted by atomic mass is 32.2. The molecule has 10 heteroatoms. The highest BCUT2D eigenvalue weighted by molar-refractivity contribution is 7.90. The summed E-state index contributed by atoms with van der Waals surface area (Å²) in [7, 11) is -3.37. The van der Waals surface area contributed by atoms with E-state index in [2.05, 4.69) is 10.6 Å². The predicted molar refractivity (Wildman–Crippen MR) is 126 cm³/mol. The van der Waals surface area contributed by atoms with Crippen LogP contribution in [0.4, 0.5) is 4.79 Å². The Labute approximate surface area is 198 Å². The number of carbonyl (C=O) groups excluding carboxylic acids is 2. The molecule has 3 N–H and O–H groups in total. The number of benzene rings is 2. The van der Waals surface area contributed by atoms with Crippen molar-refractivity contribution in [1.29, 1.82) is 0 Å². The lowest BCUT2D eigenvalue weighted by molar-refractivity contribution is -0.141. The second-order valence-corrected chi connectivity index (χ2v) is 10.7. The summed E-state index contributed by atoms with van der Waals surface area (Å²) < 4.78 is 28.0. The number of carboxylic acid groups (broad SMARTS) is 1. The van der Waals surface area contributed by atoms with Crippen molar-refractivity contribution in [3.8, 4) is 11.1 Å². The number of carboxylic acids is 1. The topological polar surface area (TPSA) is 139 Å². The molecule has 2 aromatic rings. The quantitative estimate of drug-likeness (QED) is 0.466. The second-order valence-electron chi connectivity index (χ2n) is 8.45. The van der Waals surface area contributed by atoms with Gasteiger partial charge in [-0.2, -0.15) is 0 Å². The average molecular weight is 489 g/mol. The van der Waals surface area contributed by atoms with E-state index in [9.17, 15) is 27.9 Å². The van der Waals surface area contributed by atoms with Gasteiger partial charge in [0, 0.05) is 24.6 Å². The van der Waals surface area contributed by atoms with Gasteiger partial charge in [0.15, 0.2) is 0 Å². The molecule has 0 bridgehead atoms. The summed E-state index contributed by atoms with van der Waals surface area (Å²) in [5, 5.41) is 14.1. The lowest BCUT2D eigenvalue weighted by Crippen LogP contribution is -2.44. The molecule has 2 amide bonds. The van der Waals surface area contributed by atoms with Crippen LogP contribution < -0.4 is 10.6 Å². The van der Waals surface area contributed by atoms with Crippen molar-refractivity contribution >= 4 is 27.8 Å². The van der Waals surface area contributed by atoms with Gasteiger partial charge in [0.1, 0.15) is 22.5 Å². The molecule has 1 unspecified atom stereocenters. The van der Waals surface area contributed by atoms with Crippen LogP contribution in [0.1, 0.15) is 36.8 Å². The highest BCUT2D eigenvalue weighted by Gasteiger charge is 2.29.